The Labute approximate surface area is 195 Å². The molecule has 10 atom stereocenters. The summed E-state index contributed by atoms with van der Waals surface area (Å²) in [7, 11) is 0. The minimum Gasteiger partial charge on any atom is -0.0651 e. The predicted molar refractivity (Wildman–Crippen MR) is 134 cm³/mol. The maximum absolute atomic E-state index is 2.82. The van der Waals surface area contributed by atoms with Gasteiger partial charge in [-0.1, -0.05) is 68.2 Å². The number of hydrogen-bond donors (Lipinski definition) is 0. The van der Waals surface area contributed by atoms with Gasteiger partial charge in [-0.25, -0.2) is 0 Å². The normalized spacial score (nSPS) is 56.7. The molecule has 0 nitrogen and oxygen atoms in total. The SMILES string of the molecule is CC[C@H](C)[C@H]1CC[C@@]2(C)[C@@H]1CC[C@]1(C)[C@@H]2CC[C@@H]2[C@@]3(C)CCCC(C)(C)[C@@H]3CC[C@]21C. The Balaban J connectivity index is 1.50. The van der Waals surface area contributed by atoms with Gasteiger partial charge in [-0.15, -0.1) is 0 Å². The van der Waals surface area contributed by atoms with Crippen molar-refractivity contribution < 1.29 is 0 Å². The van der Waals surface area contributed by atoms with E-state index >= 15 is 0 Å². The van der Waals surface area contributed by atoms with E-state index in [1.165, 1.54) is 70.6 Å². The molecule has 5 aliphatic rings. The fraction of sp³-hybridized carbons (Fsp3) is 1.00. The first kappa shape index (κ1) is 22.8. The Morgan fingerprint density at radius 1 is 0.645 bits per heavy atom. The van der Waals surface area contributed by atoms with E-state index in [4.69, 9.17) is 0 Å². The highest BCUT2D eigenvalue weighted by Gasteiger charge is 2.70. The van der Waals surface area contributed by atoms with Gasteiger partial charge in [0.2, 0.25) is 0 Å². The fourth-order valence-corrected chi connectivity index (χ4v) is 12.3. The summed E-state index contributed by atoms with van der Waals surface area (Å²) in [4.78, 5) is 0. The molecule has 0 aliphatic heterocycles. The maximum Gasteiger partial charge on any atom is -0.0235 e. The zero-order valence-electron chi connectivity index (χ0n) is 22.4. The molecule has 0 aromatic carbocycles. The molecule has 5 saturated carbocycles. The van der Waals surface area contributed by atoms with Crippen LogP contribution in [0.3, 0.4) is 0 Å². The zero-order chi connectivity index (χ0) is 22.4. The molecule has 178 valence electrons. The molecule has 0 bridgehead atoms. The van der Waals surface area contributed by atoms with E-state index in [1.807, 2.05) is 0 Å². The van der Waals surface area contributed by atoms with Crippen molar-refractivity contribution in [3.05, 3.63) is 0 Å². The van der Waals surface area contributed by atoms with Crippen LogP contribution in [0, 0.1) is 62.6 Å². The first-order valence-electron chi connectivity index (χ1n) is 14.4. The van der Waals surface area contributed by atoms with Crippen LogP contribution in [0.1, 0.15) is 132 Å². The monoisotopic (exact) mass is 426 g/mol. The minimum atomic E-state index is 0.560. The van der Waals surface area contributed by atoms with Gasteiger partial charge in [0, 0.05) is 0 Å². The Bertz CT molecular complexity index is 705. The largest absolute Gasteiger partial charge is 0.0651 e. The van der Waals surface area contributed by atoms with Crippen molar-refractivity contribution in [1.29, 1.82) is 0 Å². The fourth-order valence-electron chi connectivity index (χ4n) is 12.3. The van der Waals surface area contributed by atoms with Crippen LogP contribution in [-0.2, 0) is 0 Å². The molecule has 0 N–H and O–H groups in total. The van der Waals surface area contributed by atoms with Crippen LogP contribution in [-0.4, -0.2) is 0 Å². The third-order valence-electron chi connectivity index (χ3n) is 14.1. The molecule has 0 radical (unpaired) electrons. The van der Waals surface area contributed by atoms with E-state index in [2.05, 4.69) is 55.4 Å². The van der Waals surface area contributed by atoms with E-state index in [0.717, 1.165) is 35.5 Å². The minimum absolute atomic E-state index is 0.560. The van der Waals surface area contributed by atoms with Crippen LogP contribution < -0.4 is 0 Å². The first-order chi connectivity index (χ1) is 14.4. The highest BCUT2D eigenvalue weighted by Crippen LogP contribution is 2.78. The van der Waals surface area contributed by atoms with Gasteiger partial charge in [0.1, 0.15) is 0 Å². The van der Waals surface area contributed by atoms with Crippen LogP contribution >= 0.6 is 0 Å². The van der Waals surface area contributed by atoms with Crippen molar-refractivity contribution in [2.75, 3.05) is 0 Å². The highest BCUT2D eigenvalue weighted by molar-refractivity contribution is 5.19. The van der Waals surface area contributed by atoms with Crippen LogP contribution in [0.4, 0.5) is 0 Å². The lowest BCUT2D eigenvalue weighted by atomic mass is 9.32. The van der Waals surface area contributed by atoms with Gasteiger partial charge in [-0.05, 0) is 127 Å². The molecular formula is C31H54. The van der Waals surface area contributed by atoms with Crippen molar-refractivity contribution in [3.63, 3.8) is 0 Å². The number of rotatable bonds is 2. The van der Waals surface area contributed by atoms with E-state index in [1.54, 1.807) is 6.42 Å². The third kappa shape index (κ3) is 2.78. The van der Waals surface area contributed by atoms with Gasteiger partial charge in [-0.3, -0.25) is 0 Å². The smallest absolute Gasteiger partial charge is 0.0235 e. The topological polar surface area (TPSA) is 0 Å². The van der Waals surface area contributed by atoms with Gasteiger partial charge in [0.05, 0.1) is 0 Å². The molecule has 0 heteroatoms. The quantitative estimate of drug-likeness (QED) is 0.412. The number of fused-ring (bicyclic) bond motifs is 7. The summed E-state index contributed by atoms with van der Waals surface area (Å²) < 4.78 is 0. The average molecular weight is 427 g/mol. The average Bonchev–Trinajstić information content (AvgIpc) is 3.04. The van der Waals surface area contributed by atoms with Gasteiger partial charge < -0.3 is 0 Å². The van der Waals surface area contributed by atoms with Crippen molar-refractivity contribution in [2.45, 2.75) is 132 Å². The van der Waals surface area contributed by atoms with E-state index in [9.17, 15) is 0 Å². The van der Waals surface area contributed by atoms with Crippen molar-refractivity contribution in [1.82, 2.24) is 0 Å². The standard InChI is InChI=1S/C31H54/c1-9-21(2)22-13-18-28(5)23(22)14-19-30(7)25(28)11-12-26-29(6)17-10-16-27(3,4)24(29)15-20-31(26,30)8/h21-26H,9-20H2,1-8H3/t21-,22+,23+,24-,25+,26+,28-,29-,30+,31+/m0/s1. The maximum atomic E-state index is 2.82. The Morgan fingerprint density at radius 3 is 1.90 bits per heavy atom. The molecule has 5 fully saturated rings. The summed E-state index contributed by atoms with van der Waals surface area (Å²) in [6.07, 6.45) is 18.1. The molecule has 5 rings (SSSR count). The molecule has 0 spiro atoms. The molecular weight excluding hydrogens is 372 g/mol. The van der Waals surface area contributed by atoms with Gasteiger partial charge in [-0.2, -0.15) is 0 Å². The van der Waals surface area contributed by atoms with Gasteiger partial charge in [0.15, 0.2) is 0 Å². The molecule has 5 aliphatic carbocycles. The van der Waals surface area contributed by atoms with Crippen LogP contribution in [0.5, 0.6) is 0 Å². The first-order valence-corrected chi connectivity index (χ1v) is 14.4. The van der Waals surface area contributed by atoms with Crippen LogP contribution in [0.25, 0.3) is 0 Å². The third-order valence-corrected chi connectivity index (χ3v) is 14.1. The van der Waals surface area contributed by atoms with Crippen molar-refractivity contribution in [2.24, 2.45) is 62.6 Å². The van der Waals surface area contributed by atoms with Crippen LogP contribution in [0.2, 0.25) is 0 Å². The van der Waals surface area contributed by atoms with Gasteiger partial charge >= 0.3 is 0 Å². The molecule has 0 amide bonds. The molecule has 0 aromatic heterocycles. The van der Waals surface area contributed by atoms with E-state index in [-0.39, 0.29) is 0 Å². The van der Waals surface area contributed by atoms with Crippen molar-refractivity contribution in [3.8, 4) is 0 Å². The second kappa shape index (κ2) is 7.01. The van der Waals surface area contributed by atoms with Gasteiger partial charge in [0.25, 0.3) is 0 Å². The lowest BCUT2D eigenvalue weighted by Gasteiger charge is -2.73. The summed E-state index contributed by atoms with van der Waals surface area (Å²) in [6.45, 7) is 21.4. The summed E-state index contributed by atoms with van der Waals surface area (Å²) in [5.74, 6) is 5.86. The highest BCUT2D eigenvalue weighted by atomic mass is 14.7. The van der Waals surface area contributed by atoms with E-state index < -0.39 is 0 Å². The van der Waals surface area contributed by atoms with Crippen LogP contribution in [0.15, 0.2) is 0 Å². The summed E-state index contributed by atoms with van der Waals surface area (Å²) in [5, 5.41) is 0. The molecule has 31 heavy (non-hydrogen) atoms. The molecule has 0 unspecified atom stereocenters. The second-order valence-corrected chi connectivity index (χ2v) is 15.2. The van der Waals surface area contributed by atoms with Crippen molar-refractivity contribution >= 4 is 0 Å². The predicted octanol–water partition coefficient (Wildman–Crippen LogP) is 9.52. The summed E-state index contributed by atoms with van der Waals surface area (Å²) in [6, 6.07) is 0. The zero-order valence-corrected chi connectivity index (χ0v) is 22.4. The lowest BCUT2D eigenvalue weighted by Crippen LogP contribution is -2.65. The Kier molecular flexibility index (Phi) is 5.15. The Hall–Kier alpha value is 0. The molecule has 0 heterocycles. The van der Waals surface area contributed by atoms with E-state index in [0.29, 0.717) is 27.1 Å². The number of hydrogen-bond acceptors (Lipinski definition) is 0. The lowest BCUT2D eigenvalue weighted by molar-refractivity contribution is -0.241. The summed E-state index contributed by atoms with van der Waals surface area (Å²) >= 11 is 0. The Morgan fingerprint density at radius 2 is 1.26 bits per heavy atom. The second-order valence-electron chi connectivity index (χ2n) is 15.2. The molecule has 0 saturated heterocycles. The summed E-state index contributed by atoms with van der Waals surface area (Å²) in [5.41, 5.74) is 2.91. The molecule has 0 aromatic rings.